The molecule has 3 aromatic carbocycles. The van der Waals surface area contributed by atoms with Crippen LogP contribution in [0.4, 0.5) is 0 Å². The zero-order valence-electron chi connectivity index (χ0n) is 13.8. The first-order chi connectivity index (χ1) is 11.8. The first-order valence-electron chi connectivity index (χ1n) is 8.21. The van der Waals surface area contributed by atoms with E-state index in [2.05, 4.69) is 49.0 Å². The summed E-state index contributed by atoms with van der Waals surface area (Å²) >= 11 is 0. The van der Waals surface area contributed by atoms with Crippen LogP contribution >= 0.6 is 0 Å². The maximum absolute atomic E-state index is 6.17. The van der Waals surface area contributed by atoms with E-state index >= 15 is 0 Å². The summed E-state index contributed by atoms with van der Waals surface area (Å²) in [5, 5.41) is 2.33. The van der Waals surface area contributed by atoms with E-state index in [-0.39, 0.29) is 6.10 Å². The van der Waals surface area contributed by atoms with Crippen LogP contribution in [0.3, 0.4) is 0 Å². The van der Waals surface area contributed by atoms with Gasteiger partial charge in [-0.1, -0.05) is 61.2 Å². The molecular formula is C22H20O2. The molecule has 0 spiro atoms. The van der Waals surface area contributed by atoms with Gasteiger partial charge >= 0.3 is 0 Å². The molecule has 0 heterocycles. The fourth-order valence-corrected chi connectivity index (χ4v) is 3.51. The van der Waals surface area contributed by atoms with E-state index in [1.165, 1.54) is 16.5 Å². The lowest BCUT2D eigenvalue weighted by Crippen LogP contribution is -2.00. The second-order valence-corrected chi connectivity index (χ2v) is 6.19. The third-order valence-corrected chi connectivity index (χ3v) is 4.69. The quantitative estimate of drug-likeness (QED) is 0.630. The molecule has 0 aromatic heterocycles. The maximum Gasteiger partial charge on any atom is 0.128 e. The molecule has 120 valence electrons. The largest absolute Gasteiger partial charge is 0.488 e. The minimum Gasteiger partial charge on any atom is -0.488 e. The van der Waals surface area contributed by atoms with Crippen LogP contribution in [0, 0.1) is 0 Å². The van der Waals surface area contributed by atoms with Crippen molar-refractivity contribution < 1.29 is 9.47 Å². The molecule has 0 aliphatic heterocycles. The zero-order chi connectivity index (χ0) is 16.5. The van der Waals surface area contributed by atoms with E-state index in [0.29, 0.717) is 6.61 Å². The van der Waals surface area contributed by atoms with Crippen LogP contribution in [0.5, 0.6) is 5.75 Å². The minimum absolute atomic E-state index is 0.0659. The Kier molecular flexibility index (Phi) is 3.83. The second-order valence-electron chi connectivity index (χ2n) is 6.19. The standard InChI is InChI=1S/C22H20O2/c1-15-12-20(23-2)19-13-21(24-14-16-8-4-3-5-9-16)17-10-6-7-11-18(17)22(15)19/h3-11,13,20H,1,12,14H2,2H3. The lowest BCUT2D eigenvalue weighted by molar-refractivity contribution is 0.112. The summed E-state index contributed by atoms with van der Waals surface area (Å²) in [4.78, 5) is 0. The lowest BCUT2D eigenvalue weighted by atomic mass is 9.98. The van der Waals surface area contributed by atoms with Crippen LogP contribution in [-0.4, -0.2) is 7.11 Å². The summed E-state index contributed by atoms with van der Waals surface area (Å²) in [6, 6.07) is 20.7. The van der Waals surface area contributed by atoms with Gasteiger partial charge in [0.15, 0.2) is 0 Å². The van der Waals surface area contributed by atoms with E-state index < -0.39 is 0 Å². The molecular weight excluding hydrogens is 296 g/mol. The fraction of sp³-hybridized carbons (Fsp3) is 0.182. The smallest absolute Gasteiger partial charge is 0.128 e. The number of fused-ring (bicyclic) bond motifs is 3. The van der Waals surface area contributed by atoms with Gasteiger partial charge in [0.2, 0.25) is 0 Å². The Balaban J connectivity index is 1.80. The first-order valence-corrected chi connectivity index (χ1v) is 8.21. The van der Waals surface area contributed by atoms with Gasteiger partial charge in [-0.15, -0.1) is 0 Å². The van der Waals surface area contributed by atoms with Crippen molar-refractivity contribution in [1.29, 1.82) is 0 Å². The van der Waals surface area contributed by atoms with Gasteiger partial charge in [-0.25, -0.2) is 0 Å². The third kappa shape index (κ3) is 2.49. The van der Waals surface area contributed by atoms with Crippen molar-refractivity contribution in [2.45, 2.75) is 19.1 Å². The zero-order valence-corrected chi connectivity index (χ0v) is 13.8. The van der Waals surface area contributed by atoms with Crippen molar-refractivity contribution >= 4 is 16.3 Å². The predicted octanol–water partition coefficient (Wildman–Crippen LogP) is 5.52. The van der Waals surface area contributed by atoms with Crippen molar-refractivity contribution in [2.24, 2.45) is 0 Å². The predicted molar refractivity (Wildman–Crippen MR) is 98.1 cm³/mol. The van der Waals surface area contributed by atoms with Crippen LogP contribution in [-0.2, 0) is 11.3 Å². The Labute approximate surface area is 142 Å². The Morgan fingerprint density at radius 2 is 1.71 bits per heavy atom. The maximum atomic E-state index is 6.17. The minimum atomic E-state index is 0.0659. The van der Waals surface area contributed by atoms with Gasteiger partial charge in [-0.3, -0.25) is 0 Å². The van der Waals surface area contributed by atoms with Crippen molar-refractivity contribution in [3.05, 3.63) is 83.9 Å². The average molecular weight is 316 g/mol. The molecule has 0 saturated heterocycles. The van der Waals surface area contributed by atoms with E-state index in [1.54, 1.807) is 7.11 Å². The molecule has 0 saturated carbocycles. The molecule has 2 nitrogen and oxygen atoms in total. The van der Waals surface area contributed by atoms with Gasteiger partial charge in [0.25, 0.3) is 0 Å². The topological polar surface area (TPSA) is 18.5 Å². The first kappa shape index (κ1) is 15.0. The third-order valence-electron chi connectivity index (χ3n) is 4.69. The van der Waals surface area contributed by atoms with Crippen LogP contribution in [0.2, 0.25) is 0 Å². The van der Waals surface area contributed by atoms with Gasteiger partial charge < -0.3 is 9.47 Å². The number of hydrogen-bond acceptors (Lipinski definition) is 2. The van der Waals surface area contributed by atoms with E-state index in [0.717, 1.165) is 28.7 Å². The average Bonchev–Trinajstić information content (AvgIpc) is 2.96. The number of methoxy groups -OCH3 is 1. The summed E-state index contributed by atoms with van der Waals surface area (Å²) in [6.07, 6.45) is 0.911. The number of benzene rings is 3. The molecule has 0 fully saturated rings. The van der Waals surface area contributed by atoms with Crippen molar-refractivity contribution in [3.8, 4) is 5.75 Å². The van der Waals surface area contributed by atoms with E-state index in [9.17, 15) is 0 Å². The molecule has 3 aromatic rings. The summed E-state index contributed by atoms with van der Waals surface area (Å²) in [5.74, 6) is 0.907. The molecule has 4 rings (SSSR count). The molecule has 1 aliphatic carbocycles. The Morgan fingerprint density at radius 3 is 2.46 bits per heavy atom. The summed E-state index contributed by atoms with van der Waals surface area (Å²) < 4.78 is 11.8. The Bertz CT molecular complexity index is 896. The lowest BCUT2D eigenvalue weighted by Gasteiger charge is -2.15. The normalized spacial score (nSPS) is 16.4. The number of hydrogen-bond donors (Lipinski definition) is 0. The summed E-state index contributed by atoms with van der Waals surface area (Å²) in [6.45, 7) is 4.80. The van der Waals surface area contributed by atoms with Gasteiger partial charge in [-0.05, 0) is 33.7 Å². The van der Waals surface area contributed by atoms with Gasteiger partial charge in [0.05, 0.1) is 6.10 Å². The molecule has 0 N–H and O–H groups in total. The van der Waals surface area contributed by atoms with E-state index in [4.69, 9.17) is 9.47 Å². The molecule has 0 amide bonds. The summed E-state index contributed by atoms with van der Waals surface area (Å²) in [7, 11) is 1.76. The SMILES string of the molecule is C=C1CC(OC)c2cc(OCc3ccccc3)c3ccccc3c21. The molecule has 2 heteroatoms. The van der Waals surface area contributed by atoms with Gasteiger partial charge in [0.1, 0.15) is 12.4 Å². The molecule has 1 atom stereocenters. The van der Waals surface area contributed by atoms with Crippen molar-refractivity contribution in [1.82, 2.24) is 0 Å². The Morgan fingerprint density at radius 1 is 1.00 bits per heavy atom. The molecule has 1 aliphatic rings. The van der Waals surface area contributed by atoms with Crippen LogP contribution in [0.1, 0.15) is 29.2 Å². The molecule has 24 heavy (non-hydrogen) atoms. The molecule has 0 radical (unpaired) electrons. The summed E-state index contributed by atoms with van der Waals surface area (Å²) in [5.41, 5.74) is 4.71. The van der Waals surface area contributed by atoms with Gasteiger partial charge in [0, 0.05) is 18.9 Å². The number of rotatable bonds is 4. The van der Waals surface area contributed by atoms with Crippen molar-refractivity contribution in [3.63, 3.8) is 0 Å². The highest BCUT2D eigenvalue weighted by atomic mass is 16.5. The van der Waals surface area contributed by atoms with Crippen molar-refractivity contribution in [2.75, 3.05) is 7.11 Å². The van der Waals surface area contributed by atoms with Gasteiger partial charge in [-0.2, -0.15) is 0 Å². The highest BCUT2D eigenvalue weighted by molar-refractivity contribution is 6.00. The van der Waals surface area contributed by atoms with Crippen LogP contribution < -0.4 is 4.74 Å². The van der Waals surface area contributed by atoms with Crippen LogP contribution in [0.15, 0.2) is 67.2 Å². The molecule has 1 unspecified atom stereocenters. The Hall–Kier alpha value is -2.58. The highest BCUT2D eigenvalue weighted by Gasteiger charge is 2.28. The van der Waals surface area contributed by atoms with Crippen LogP contribution in [0.25, 0.3) is 16.3 Å². The second kappa shape index (κ2) is 6.14. The highest BCUT2D eigenvalue weighted by Crippen LogP contribution is 2.47. The fourth-order valence-electron chi connectivity index (χ4n) is 3.51. The number of ether oxygens (including phenoxy) is 2. The van der Waals surface area contributed by atoms with E-state index in [1.807, 2.05) is 18.2 Å². The molecule has 0 bridgehead atoms. The monoisotopic (exact) mass is 316 g/mol.